The first kappa shape index (κ1) is 15.1. The van der Waals surface area contributed by atoms with Crippen molar-refractivity contribution in [3.63, 3.8) is 0 Å². The molecule has 0 aliphatic rings. The normalized spacial score (nSPS) is 11.7. The standard InChI is InChI=1S/C13H17N3O2S2/c1-2-9-20(17,18)15-8-6-13-16-12(10-19-13)11-5-3-4-7-14-11/h3-5,7,10,15H,2,6,8-9H2,1H3. The second-order valence-corrected chi connectivity index (χ2v) is 7.17. The summed E-state index contributed by atoms with van der Waals surface area (Å²) in [5, 5.41) is 2.85. The zero-order valence-corrected chi connectivity index (χ0v) is 12.9. The average molecular weight is 311 g/mol. The van der Waals surface area contributed by atoms with Crippen molar-refractivity contribution in [2.75, 3.05) is 12.3 Å². The van der Waals surface area contributed by atoms with Crippen molar-refractivity contribution >= 4 is 21.4 Å². The van der Waals surface area contributed by atoms with Gasteiger partial charge in [-0.3, -0.25) is 4.98 Å². The largest absolute Gasteiger partial charge is 0.255 e. The van der Waals surface area contributed by atoms with Gasteiger partial charge in [0.05, 0.1) is 22.1 Å². The van der Waals surface area contributed by atoms with E-state index in [4.69, 9.17) is 0 Å². The Bertz CT molecular complexity index is 639. The first-order valence-electron chi connectivity index (χ1n) is 6.44. The highest BCUT2D eigenvalue weighted by molar-refractivity contribution is 7.89. The van der Waals surface area contributed by atoms with Gasteiger partial charge in [-0.2, -0.15) is 0 Å². The smallest absolute Gasteiger partial charge is 0.211 e. The Kier molecular flexibility index (Phi) is 5.22. The van der Waals surface area contributed by atoms with Crippen LogP contribution < -0.4 is 4.72 Å². The molecule has 0 unspecified atom stereocenters. The summed E-state index contributed by atoms with van der Waals surface area (Å²) >= 11 is 1.52. The van der Waals surface area contributed by atoms with Crippen LogP contribution >= 0.6 is 11.3 Å². The molecule has 0 radical (unpaired) electrons. The van der Waals surface area contributed by atoms with Gasteiger partial charge in [-0.15, -0.1) is 11.3 Å². The van der Waals surface area contributed by atoms with Crippen LogP contribution in [0.4, 0.5) is 0 Å². The van der Waals surface area contributed by atoms with Gasteiger partial charge in [-0.05, 0) is 18.6 Å². The van der Waals surface area contributed by atoms with Crippen LogP contribution in [0.3, 0.4) is 0 Å². The lowest BCUT2D eigenvalue weighted by atomic mass is 10.3. The Hall–Kier alpha value is -1.31. The molecule has 0 bridgehead atoms. The van der Waals surface area contributed by atoms with Crippen LogP contribution in [0.5, 0.6) is 0 Å². The van der Waals surface area contributed by atoms with Crippen molar-refractivity contribution in [2.45, 2.75) is 19.8 Å². The number of aromatic nitrogens is 2. The summed E-state index contributed by atoms with van der Waals surface area (Å²) in [5.41, 5.74) is 1.67. The van der Waals surface area contributed by atoms with E-state index in [2.05, 4.69) is 14.7 Å². The number of hydrogen-bond donors (Lipinski definition) is 1. The van der Waals surface area contributed by atoms with E-state index in [-0.39, 0.29) is 5.75 Å². The van der Waals surface area contributed by atoms with Gasteiger partial charge in [-0.25, -0.2) is 18.1 Å². The lowest BCUT2D eigenvalue weighted by Gasteiger charge is -2.03. The molecule has 2 rings (SSSR count). The number of hydrogen-bond acceptors (Lipinski definition) is 5. The van der Waals surface area contributed by atoms with Crippen molar-refractivity contribution < 1.29 is 8.42 Å². The predicted molar refractivity (Wildman–Crippen MR) is 81.1 cm³/mol. The molecule has 0 aliphatic carbocycles. The molecule has 0 spiro atoms. The molecule has 2 aromatic heterocycles. The Balaban J connectivity index is 1.91. The van der Waals surface area contributed by atoms with Gasteiger partial charge in [-0.1, -0.05) is 13.0 Å². The molecule has 5 nitrogen and oxygen atoms in total. The minimum atomic E-state index is -3.13. The highest BCUT2D eigenvalue weighted by Gasteiger charge is 2.09. The number of nitrogens with zero attached hydrogens (tertiary/aromatic N) is 2. The molecule has 0 amide bonds. The molecular weight excluding hydrogens is 294 g/mol. The molecule has 2 aromatic rings. The second kappa shape index (κ2) is 6.92. The monoisotopic (exact) mass is 311 g/mol. The summed E-state index contributed by atoms with van der Waals surface area (Å²) in [7, 11) is -3.13. The Morgan fingerprint density at radius 3 is 2.85 bits per heavy atom. The van der Waals surface area contributed by atoms with Crippen molar-refractivity contribution in [1.29, 1.82) is 0 Å². The molecule has 20 heavy (non-hydrogen) atoms. The van der Waals surface area contributed by atoms with Crippen LogP contribution in [0.1, 0.15) is 18.4 Å². The third-order valence-corrected chi connectivity index (χ3v) is 5.11. The maximum atomic E-state index is 11.5. The zero-order valence-electron chi connectivity index (χ0n) is 11.2. The second-order valence-electron chi connectivity index (χ2n) is 4.30. The third kappa shape index (κ3) is 4.36. The van der Waals surface area contributed by atoms with Crippen LogP contribution in [-0.4, -0.2) is 30.7 Å². The third-order valence-electron chi connectivity index (χ3n) is 2.61. The Morgan fingerprint density at radius 2 is 2.15 bits per heavy atom. The summed E-state index contributed by atoms with van der Waals surface area (Å²) in [6.45, 7) is 2.23. The van der Waals surface area contributed by atoms with Gasteiger partial charge in [0, 0.05) is 24.5 Å². The molecule has 0 aromatic carbocycles. The van der Waals surface area contributed by atoms with Crippen molar-refractivity contribution in [2.24, 2.45) is 0 Å². The number of rotatable bonds is 7. The molecule has 0 fully saturated rings. The molecule has 0 aliphatic heterocycles. The molecule has 7 heteroatoms. The Labute approximate surface area is 123 Å². The predicted octanol–water partition coefficient (Wildman–Crippen LogP) is 2.08. The zero-order chi connectivity index (χ0) is 14.4. The fourth-order valence-corrected chi connectivity index (χ4v) is 3.60. The van der Waals surface area contributed by atoms with Crippen molar-refractivity contribution in [3.8, 4) is 11.4 Å². The van der Waals surface area contributed by atoms with Crippen molar-refractivity contribution in [3.05, 3.63) is 34.8 Å². The van der Waals surface area contributed by atoms with E-state index in [1.807, 2.05) is 30.5 Å². The van der Waals surface area contributed by atoms with Gasteiger partial charge in [0.2, 0.25) is 10.0 Å². The van der Waals surface area contributed by atoms with Gasteiger partial charge in [0.25, 0.3) is 0 Å². The van der Waals surface area contributed by atoms with Gasteiger partial charge < -0.3 is 0 Å². The highest BCUT2D eigenvalue weighted by atomic mass is 32.2. The van der Waals surface area contributed by atoms with Crippen molar-refractivity contribution in [1.82, 2.24) is 14.7 Å². The van der Waals surface area contributed by atoms with Gasteiger partial charge >= 0.3 is 0 Å². The van der Waals surface area contributed by atoms with E-state index in [1.165, 1.54) is 11.3 Å². The molecule has 2 heterocycles. The van der Waals surface area contributed by atoms with E-state index < -0.39 is 10.0 Å². The molecule has 1 N–H and O–H groups in total. The van der Waals surface area contributed by atoms with E-state index in [9.17, 15) is 8.42 Å². The topological polar surface area (TPSA) is 72.0 Å². The molecule has 108 valence electrons. The minimum Gasteiger partial charge on any atom is -0.255 e. The fraction of sp³-hybridized carbons (Fsp3) is 0.385. The van der Waals surface area contributed by atoms with Crippen LogP contribution in [0, 0.1) is 0 Å². The van der Waals surface area contributed by atoms with E-state index >= 15 is 0 Å². The lowest BCUT2D eigenvalue weighted by molar-refractivity contribution is 0.580. The first-order valence-corrected chi connectivity index (χ1v) is 8.97. The quantitative estimate of drug-likeness (QED) is 0.849. The van der Waals surface area contributed by atoms with E-state index in [0.29, 0.717) is 19.4 Å². The number of pyridine rings is 1. The summed E-state index contributed by atoms with van der Waals surface area (Å²) in [6, 6.07) is 5.68. The van der Waals surface area contributed by atoms with Gasteiger partial charge in [0.1, 0.15) is 0 Å². The number of sulfonamides is 1. The summed E-state index contributed by atoms with van der Waals surface area (Å²) in [6.07, 6.45) is 2.95. The lowest BCUT2D eigenvalue weighted by Crippen LogP contribution is -2.28. The fourth-order valence-electron chi connectivity index (χ4n) is 1.71. The van der Waals surface area contributed by atoms with Gasteiger partial charge in [0.15, 0.2) is 0 Å². The SMILES string of the molecule is CCCS(=O)(=O)NCCc1nc(-c2ccccn2)cs1. The summed E-state index contributed by atoms with van der Waals surface area (Å²) in [5.74, 6) is 0.171. The highest BCUT2D eigenvalue weighted by Crippen LogP contribution is 2.19. The van der Waals surface area contributed by atoms with Crippen LogP contribution in [-0.2, 0) is 16.4 Å². The van der Waals surface area contributed by atoms with Crippen LogP contribution in [0.2, 0.25) is 0 Å². The van der Waals surface area contributed by atoms with E-state index in [0.717, 1.165) is 16.4 Å². The molecule has 0 saturated heterocycles. The van der Waals surface area contributed by atoms with E-state index in [1.54, 1.807) is 6.20 Å². The maximum absolute atomic E-state index is 11.5. The van der Waals surface area contributed by atoms with Crippen LogP contribution in [0.15, 0.2) is 29.8 Å². The first-order chi connectivity index (χ1) is 9.61. The minimum absolute atomic E-state index is 0.171. The number of thiazole rings is 1. The summed E-state index contributed by atoms with van der Waals surface area (Å²) in [4.78, 5) is 8.71. The average Bonchev–Trinajstić information content (AvgIpc) is 2.88. The summed E-state index contributed by atoms with van der Waals surface area (Å²) < 4.78 is 25.6. The maximum Gasteiger partial charge on any atom is 0.211 e. The molecular formula is C13H17N3O2S2. The number of nitrogens with one attached hydrogen (secondary N) is 1. The molecule has 0 atom stereocenters. The van der Waals surface area contributed by atoms with Crippen LogP contribution in [0.25, 0.3) is 11.4 Å². The Morgan fingerprint density at radius 1 is 1.30 bits per heavy atom. The molecule has 0 saturated carbocycles.